The average Bonchev–Trinajstić information content (AvgIpc) is 2.17. The molecule has 0 fully saturated rings. The molecule has 60 valence electrons. The molecule has 2 aromatic rings. The summed E-state index contributed by atoms with van der Waals surface area (Å²) in [6, 6.07) is 5.57. The predicted molar refractivity (Wildman–Crippen MR) is 43.9 cm³/mol. The van der Waals surface area contributed by atoms with Crippen molar-refractivity contribution >= 4 is 10.9 Å². The van der Waals surface area contributed by atoms with Gasteiger partial charge in [-0.25, -0.2) is 0 Å². The lowest BCUT2D eigenvalue weighted by Crippen LogP contribution is -1.88. The number of benzene rings is 1. The van der Waals surface area contributed by atoms with Crippen LogP contribution in [-0.2, 0) is 0 Å². The highest BCUT2D eigenvalue weighted by Gasteiger charge is 1.96. The average molecular weight is 161 g/mol. The molecule has 0 N–H and O–H groups in total. The molecule has 0 saturated heterocycles. The van der Waals surface area contributed by atoms with Crippen molar-refractivity contribution in [3.63, 3.8) is 0 Å². The third kappa shape index (κ3) is 1.07. The Morgan fingerprint density at radius 3 is 3.08 bits per heavy atom. The van der Waals surface area contributed by atoms with Crippen molar-refractivity contribution in [2.24, 2.45) is 0 Å². The van der Waals surface area contributed by atoms with Gasteiger partial charge in [0.05, 0.1) is 18.8 Å². The van der Waals surface area contributed by atoms with Gasteiger partial charge in [-0.15, -0.1) is 10.2 Å². The van der Waals surface area contributed by atoms with Crippen LogP contribution in [-0.4, -0.2) is 22.5 Å². The summed E-state index contributed by atoms with van der Waals surface area (Å²) in [5.41, 5.74) is 0.825. The van der Waals surface area contributed by atoms with Crippen molar-refractivity contribution in [3.8, 4) is 5.75 Å². The van der Waals surface area contributed by atoms with E-state index >= 15 is 0 Å². The zero-order chi connectivity index (χ0) is 8.39. The van der Waals surface area contributed by atoms with E-state index in [4.69, 9.17) is 4.74 Å². The largest absolute Gasteiger partial charge is 0.497 e. The summed E-state index contributed by atoms with van der Waals surface area (Å²) in [4.78, 5) is 0. The fourth-order valence-electron chi connectivity index (χ4n) is 1.02. The van der Waals surface area contributed by atoms with E-state index in [0.717, 1.165) is 16.7 Å². The third-order valence-corrected chi connectivity index (χ3v) is 1.64. The van der Waals surface area contributed by atoms with Gasteiger partial charge >= 0.3 is 0 Å². The van der Waals surface area contributed by atoms with E-state index in [0.29, 0.717) is 0 Å². The monoisotopic (exact) mass is 161 g/mol. The van der Waals surface area contributed by atoms with Crippen molar-refractivity contribution in [3.05, 3.63) is 24.4 Å². The van der Waals surface area contributed by atoms with Crippen LogP contribution in [0, 0.1) is 0 Å². The molecule has 0 unspecified atom stereocenters. The lowest BCUT2D eigenvalue weighted by Gasteiger charge is -1.99. The first kappa shape index (κ1) is 6.97. The minimum Gasteiger partial charge on any atom is -0.497 e. The summed E-state index contributed by atoms with van der Waals surface area (Å²) in [7, 11) is 1.63. The van der Waals surface area contributed by atoms with Gasteiger partial charge in [0.25, 0.3) is 0 Å². The number of hydrogen-bond acceptors (Lipinski definition) is 4. The van der Waals surface area contributed by atoms with Crippen LogP contribution >= 0.6 is 0 Å². The standard InChI is InChI=1S/C8H7N3O/c1-12-7-2-3-8-6(4-7)5-9-11-10-8/h2-5H,1H3. The van der Waals surface area contributed by atoms with Crippen LogP contribution in [0.2, 0.25) is 0 Å². The summed E-state index contributed by atoms with van der Waals surface area (Å²) >= 11 is 0. The van der Waals surface area contributed by atoms with Gasteiger partial charge in [0.1, 0.15) is 5.75 Å². The number of methoxy groups -OCH3 is 1. The summed E-state index contributed by atoms with van der Waals surface area (Å²) in [5.74, 6) is 0.803. The van der Waals surface area contributed by atoms with Crippen molar-refractivity contribution < 1.29 is 4.74 Å². The summed E-state index contributed by atoms with van der Waals surface area (Å²) in [5, 5.41) is 12.0. The Labute approximate surface area is 69.2 Å². The normalized spacial score (nSPS) is 10.1. The fraction of sp³-hybridized carbons (Fsp3) is 0.125. The molecule has 0 aliphatic rings. The molecular weight excluding hydrogens is 154 g/mol. The quantitative estimate of drug-likeness (QED) is 0.626. The van der Waals surface area contributed by atoms with Crippen molar-refractivity contribution in [1.82, 2.24) is 15.4 Å². The maximum atomic E-state index is 5.05. The van der Waals surface area contributed by atoms with E-state index < -0.39 is 0 Å². The van der Waals surface area contributed by atoms with Gasteiger partial charge in [-0.3, -0.25) is 0 Å². The maximum absolute atomic E-state index is 5.05. The van der Waals surface area contributed by atoms with E-state index in [9.17, 15) is 0 Å². The Morgan fingerprint density at radius 1 is 1.33 bits per heavy atom. The molecule has 1 heterocycles. The lowest BCUT2D eigenvalue weighted by molar-refractivity contribution is 0.415. The molecule has 12 heavy (non-hydrogen) atoms. The molecule has 2 rings (SSSR count). The lowest BCUT2D eigenvalue weighted by atomic mass is 10.2. The van der Waals surface area contributed by atoms with Crippen LogP contribution in [0.4, 0.5) is 0 Å². The van der Waals surface area contributed by atoms with E-state index in [-0.39, 0.29) is 0 Å². The highest BCUT2D eigenvalue weighted by molar-refractivity contribution is 5.78. The first-order chi connectivity index (χ1) is 5.90. The minimum atomic E-state index is 0.803. The van der Waals surface area contributed by atoms with Gasteiger partial charge in [-0.1, -0.05) is 0 Å². The highest BCUT2D eigenvalue weighted by Crippen LogP contribution is 2.16. The molecule has 4 nitrogen and oxygen atoms in total. The van der Waals surface area contributed by atoms with Crippen molar-refractivity contribution in [2.45, 2.75) is 0 Å². The van der Waals surface area contributed by atoms with E-state index in [1.54, 1.807) is 13.3 Å². The van der Waals surface area contributed by atoms with Gasteiger partial charge in [0, 0.05) is 5.39 Å². The van der Waals surface area contributed by atoms with Gasteiger partial charge in [0.2, 0.25) is 0 Å². The third-order valence-electron chi connectivity index (χ3n) is 1.64. The van der Waals surface area contributed by atoms with Gasteiger partial charge in [-0.05, 0) is 23.4 Å². The maximum Gasteiger partial charge on any atom is 0.119 e. The molecule has 0 radical (unpaired) electrons. The minimum absolute atomic E-state index is 0.803. The van der Waals surface area contributed by atoms with Crippen molar-refractivity contribution in [2.75, 3.05) is 7.11 Å². The highest BCUT2D eigenvalue weighted by atomic mass is 16.5. The smallest absolute Gasteiger partial charge is 0.119 e. The molecule has 1 aromatic carbocycles. The molecule has 4 heteroatoms. The SMILES string of the molecule is COc1ccc2nnncc2c1. The number of rotatable bonds is 1. The zero-order valence-electron chi connectivity index (χ0n) is 6.56. The van der Waals surface area contributed by atoms with Crippen LogP contribution in [0.25, 0.3) is 10.9 Å². The van der Waals surface area contributed by atoms with Gasteiger partial charge in [-0.2, -0.15) is 0 Å². The Balaban J connectivity index is 2.67. The van der Waals surface area contributed by atoms with Crippen molar-refractivity contribution in [1.29, 1.82) is 0 Å². The van der Waals surface area contributed by atoms with E-state index in [2.05, 4.69) is 15.4 Å². The molecule has 0 bridgehead atoms. The Hall–Kier alpha value is -1.71. The number of ether oxygens (including phenoxy) is 1. The molecular formula is C8H7N3O. The Bertz CT molecular complexity index is 402. The molecule has 0 aliphatic heterocycles. The number of nitrogens with zero attached hydrogens (tertiary/aromatic N) is 3. The molecule has 1 aromatic heterocycles. The first-order valence-corrected chi connectivity index (χ1v) is 3.52. The number of fused-ring (bicyclic) bond motifs is 1. The van der Waals surface area contributed by atoms with Crippen LogP contribution < -0.4 is 4.74 Å². The number of hydrogen-bond donors (Lipinski definition) is 0. The molecule has 0 spiro atoms. The number of aromatic nitrogens is 3. The fourth-order valence-corrected chi connectivity index (χ4v) is 1.02. The summed E-state index contributed by atoms with van der Waals surface area (Å²) in [6.45, 7) is 0. The second-order valence-corrected chi connectivity index (χ2v) is 2.36. The Morgan fingerprint density at radius 2 is 2.25 bits per heavy atom. The van der Waals surface area contributed by atoms with Crippen LogP contribution in [0.3, 0.4) is 0 Å². The molecule has 0 atom stereocenters. The molecule has 0 aliphatic carbocycles. The van der Waals surface area contributed by atoms with Gasteiger partial charge < -0.3 is 4.74 Å². The topological polar surface area (TPSA) is 47.9 Å². The molecule has 0 saturated carbocycles. The van der Waals surface area contributed by atoms with Crippen LogP contribution in [0.1, 0.15) is 0 Å². The molecule has 0 amide bonds. The van der Waals surface area contributed by atoms with Gasteiger partial charge in [0.15, 0.2) is 0 Å². The first-order valence-electron chi connectivity index (χ1n) is 3.52. The summed E-state index contributed by atoms with van der Waals surface area (Å²) < 4.78 is 5.05. The summed E-state index contributed by atoms with van der Waals surface area (Å²) in [6.07, 6.45) is 1.66. The zero-order valence-corrected chi connectivity index (χ0v) is 6.56. The Kier molecular flexibility index (Phi) is 1.59. The second kappa shape index (κ2) is 2.73. The van der Waals surface area contributed by atoms with Crippen LogP contribution in [0.15, 0.2) is 24.4 Å². The second-order valence-electron chi connectivity index (χ2n) is 2.36. The van der Waals surface area contributed by atoms with E-state index in [1.165, 1.54) is 0 Å². The van der Waals surface area contributed by atoms with E-state index in [1.807, 2.05) is 18.2 Å². The van der Waals surface area contributed by atoms with Crippen LogP contribution in [0.5, 0.6) is 5.75 Å². The predicted octanol–water partition coefficient (Wildman–Crippen LogP) is 1.03.